The van der Waals surface area contributed by atoms with Gasteiger partial charge in [0.05, 0.1) is 11.7 Å². The van der Waals surface area contributed by atoms with Crippen molar-refractivity contribution >= 4 is 33.0 Å². The molecule has 1 heterocycles. The first-order valence-electron chi connectivity index (χ1n) is 9.37. The van der Waals surface area contributed by atoms with Gasteiger partial charge in [-0.05, 0) is 61.0 Å². The molecule has 3 aromatic rings. The summed E-state index contributed by atoms with van der Waals surface area (Å²) in [4.78, 5) is 12.8. The monoisotopic (exact) mass is 446 g/mol. The molecule has 0 aliphatic heterocycles. The van der Waals surface area contributed by atoms with E-state index in [-0.39, 0.29) is 15.9 Å². The summed E-state index contributed by atoms with van der Waals surface area (Å²) in [5, 5.41) is 4.44. The van der Waals surface area contributed by atoms with Gasteiger partial charge in [-0.1, -0.05) is 36.4 Å². The number of nitrogens with one attached hydrogen (secondary N) is 1. The number of carbonyl (C=O) groups excluding carboxylic acids is 1. The Hall–Kier alpha value is -2.71. The molecule has 0 aliphatic carbocycles. The zero-order chi connectivity index (χ0) is 21.9. The Kier molecular flexibility index (Phi) is 6.58. The maximum atomic E-state index is 14.4. The van der Waals surface area contributed by atoms with Gasteiger partial charge in [0.1, 0.15) is 16.6 Å². The van der Waals surface area contributed by atoms with E-state index in [9.17, 15) is 17.6 Å². The van der Waals surface area contributed by atoms with Crippen LogP contribution in [0.3, 0.4) is 0 Å². The first-order valence-corrected chi connectivity index (χ1v) is 11.7. The highest BCUT2D eigenvalue weighted by Crippen LogP contribution is 2.28. The van der Waals surface area contributed by atoms with E-state index in [1.807, 2.05) is 39.0 Å². The zero-order valence-corrected chi connectivity index (χ0v) is 18.6. The van der Waals surface area contributed by atoms with Crippen LogP contribution >= 0.6 is 11.3 Å². The van der Waals surface area contributed by atoms with Crippen LogP contribution in [0.15, 0.2) is 64.2 Å². The van der Waals surface area contributed by atoms with Gasteiger partial charge in [0.25, 0.3) is 10.0 Å². The number of hydrogen-bond donors (Lipinski definition) is 1. The number of nitrogens with zero attached hydrogens (tertiary/aromatic N) is 1. The number of amides is 1. The first-order chi connectivity index (χ1) is 14.2. The molecule has 5 nitrogen and oxygen atoms in total. The van der Waals surface area contributed by atoms with Crippen molar-refractivity contribution in [3.63, 3.8) is 0 Å². The minimum atomic E-state index is -4.09. The van der Waals surface area contributed by atoms with E-state index >= 15 is 0 Å². The van der Waals surface area contributed by atoms with Crippen molar-refractivity contribution in [1.82, 2.24) is 5.32 Å². The van der Waals surface area contributed by atoms with Crippen LogP contribution in [0.2, 0.25) is 0 Å². The predicted molar refractivity (Wildman–Crippen MR) is 118 cm³/mol. The lowest BCUT2D eigenvalue weighted by molar-refractivity contribution is -0.120. The lowest BCUT2D eigenvalue weighted by atomic mass is 10.0. The topological polar surface area (TPSA) is 66.5 Å². The standard InChI is InChI=1S/C22H23FN2O3S2/c1-15-10-11-18(13-16(15)2)17(3)24-21(26)14-25(20-8-5-4-7-19(20)23)30(27,28)22-9-6-12-29-22/h4-13,17H,14H2,1-3H3,(H,24,26)/t17-/m0/s1. The summed E-state index contributed by atoms with van der Waals surface area (Å²) < 4.78 is 41.5. The van der Waals surface area contributed by atoms with Crippen molar-refractivity contribution in [1.29, 1.82) is 0 Å². The van der Waals surface area contributed by atoms with Gasteiger partial charge in [0.2, 0.25) is 5.91 Å². The second-order valence-electron chi connectivity index (χ2n) is 7.03. The number of carbonyl (C=O) groups is 1. The molecule has 0 saturated heterocycles. The summed E-state index contributed by atoms with van der Waals surface area (Å²) in [5.41, 5.74) is 2.98. The number of benzene rings is 2. The Labute approximate surface area is 180 Å². The van der Waals surface area contributed by atoms with Crippen LogP contribution in [0.1, 0.15) is 29.7 Å². The van der Waals surface area contributed by atoms with Gasteiger partial charge in [-0.2, -0.15) is 0 Å². The molecule has 158 valence electrons. The quantitative estimate of drug-likeness (QED) is 0.578. The molecule has 0 unspecified atom stereocenters. The van der Waals surface area contributed by atoms with Gasteiger partial charge >= 0.3 is 0 Å². The smallest absolute Gasteiger partial charge is 0.274 e. The highest BCUT2D eigenvalue weighted by molar-refractivity contribution is 7.94. The van der Waals surface area contributed by atoms with Gasteiger partial charge in [0.15, 0.2) is 0 Å². The first kappa shape index (κ1) is 22.0. The van der Waals surface area contributed by atoms with Crippen molar-refractivity contribution in [2.75, 3.05) is 10.8 Å². The average Bonchev–Trinajstić information content (AvgIpc) is 3.24. The molecule has 8 heteroatoms. The second-order valence-corrected chi connectivity index (χ2v) is 10.1. The van der Waals surface area contributed by atoms with Crippen LogP contribution < -0.4 is 9.62 Å². The molecule has 0 aliphatic rings. The maximum Gasteiger partial charge on any atom is 0.274 e. The number of anilines is 1. The molecule has 0 radical (unpaired) electrons. The molecule has 30 heavy (non-hydrogen) atoms. The lowest BCUT2D eigenvalue weighted by Crippen LogP contribution is -2.41. The van der Waals surface area contributed by atoms with E-state index < -0.39 is 28.3 Å². The van der Waals surface area contributed by atoms with Crippen molar-refractivity contribution in [2.24, 2.45) is 0 Å². The molecule has 1 amide bonds. The summed E-state index contributed by atoms with van der Waals surface area (Å²) in [6.07, 6.45) is 0. The van der Waals surface area contributed by atoms with Gasteiger partial charge in [0, 0.05) is 0 Å². The Balaban J connectivity index is 1.87. The van der Waals surface area contributed by atoms with Crippen molar-refractivity contribution < 1.29 is 17.6 Å². The molecule has 1 atom stereocenters. The number of aryl methyl sites for hydroxylation is 2. The van der Waals surface area contributed by atoms with Crippen molar-refractivity contribution in [2.45, 2.75) is 31.0 Å². The molecule has 0 spiro atoms. The zero-order valence-electron chi connectivity index (χ0n) is 16.9. The Morgan fingerprint density at radius 2 is 1.83 bits per heavy atom. The van der Waals surface area contributed by atoms with E-state index in [1.165, 1.54) is 30.3 Å². The van der Waals surface area contributed by atoms with E-state index in [2.05, 4.69) is 5.32 Å². The normalized spacial score (nSPS) is 12.4. The fraction of sp³-hybridized carbons (Fsp3) is 0.227. The van der Waals surface area contributed by atoms with E-state index in [0.29, 0.717) is 0 Å². The number of rotatable bonds is 7. The number of thiophene rings is 1. The number of sulfonamides is 1. The SMILES string of the molecule is Cc1ccc([C@H](C)NC(=O)CN(c2ccccc2F)S(=O)(=O)c2cccs2)cc1C. The maximum absolute atomic E-state index is 14.4. The van der Waals surface area contributed by atoms with Crippen LogP contribution in [0.4, 0.5) is 10.1 Å². The van der Waals surface area contributed by atoms with Crippen LogP contribution in [0.25, 0.3) is 0 Å². The fourth-order valence-corrected chi connectivity index (χ4v) is 5.54. The van der Waals surface area contributed by atoms with Crippen LogP contribution in [-0.2, 0) is 14.8 Å². The van der Waals surface area contributed by atoms with Gasteiger partial charge in [-0.25, -0.2) is 12.8 Å². The van der Waals surface area contributed by atoms with Crippen molar-refractivity contribution in [3.05, 3.63) is 82.5 Å². The third-order valence-electron chi connectivity index (χ3n) is 4.86. The molecular weight excluding hydrogens is 423 g/mol. The Morgan fingerprint density at radius 3 is 2.47 bits per heavy atom. The molecular formula is C22H23FN2O3S2. The molecule has 0 saturated carbocycles. The van der Waals surface area contributed by atoms with Crippen LogP contribution in [0.5, 0.6) is 0 Å². The lowest BCUT2D eigenvalue weighted by Gasteiger charge is -2.25. The molecule has 0 bridgehead atoms. The molecule has 0 fully saturated rings. The highest BCUT2D eigenvalue weighted by Gasteiger charge is 2.30. The molecule has 1 N–H and O–H groups in total. The van der Waals surface area contributed by atoms with E-state index in [1.54, 1.807) is 11.4 Å². The fourth-order valence-electron chi connectivity index (χ4n) is 3.01. The Bertz CT molecular complexity index is 1140. The number of para-hydroxylation sites is 1. The molecule has 2 aromatic carbocycles. The second kappa shape index (κ2) is 8.97. The Morgan fingerprint density at radius 1 is 1.10 bits per heavy atom. The van der Waals surface area contributed by atoms with Gasteiger partial charge < -0.3 is 5.32 Å². The van der Waals surface area contributed by atoms with Crippen LogP contribution in [0, 0.1) is 19.7 Å². The summed E-state index contributed by atoms with van der Waals surface area (Å²) >= 11 is 1.02. The molecule has 3 rings (SSSR count). The summed E-state index contributed by atoms with van der Waals surface area (Å²) in [7, 11) is -4.09. The minimum absolute atomic E-state index is 0.0424. The third-order valence-corrected chi connectivity index (χ3v) is 7.99. The van der Waals surface area contributed by atoms with Crippen molar-refractivity contribution in [3.8, 4) is 0 Å². The number of halogens is 1. The molecule has 1 aromatic heterocycles. The largest absolute Gasteiger partial charge is 0.348 e. The summed E-state index contributed by atoms with van der Waals surface area (Å²) in [6.45, 7) is 5.28. The summed E-state index contributed by atoms with van der Waals surface area (Å²) in [5.74, 6) is -1.24. The van der Waals surface area contributed by atoms with E-state index in [0.717, 1.165) is 32.3 Å². The summed E-state index contributed by atoms with van der Waals surface area (Å²) in [6, 6.07) is 14.1. The average molecular weight is 447 g/mol. The number of hydrogen-bond acceptors (Lipinski definition) is 4. The van der Waals surface area contributed by atoms with E-state index in [4.69, 9.17) is 0 Å². The van der Waals surface area contributed by atoms with Gasteiger partial charge in [-0.3, -0.25) is 9.10 Å². The van der Waals surface area contributed by atoms with Gasteiger partial charge in [-0.15, -0.1) is 11.3 Å². The third kappa shape index (κ3) is 4.71. The highest BCUT2D eigenvalue weighted by atomic mass is 32.2. The minimum Gasteiger partial charge on any atom is -0.348 e. The predicted octanol–water partition coefficient (Wildman–Crippen LogP) is 4.58. The van der Waals surface area contributed by atoms with Crippen LogP contribution in [-0.4, -0.2) is 20.9 Å².